The molecule has 1 spiro atoms. The van der Waals surface area contributed by atoms with Gasteiger partial charge in [-0.3, -0.25) is 9.59 Å². The molecule has 3 fully saturated rings. The van der Waals surface area contributed by atoms with Crippen molar-refractivity contribution in [2.45, 2.75) is 58.3 Å². The molecule has 4 nitrogen and oxygen atoms in total. The lowest BCUT2D eigenvalue weighted by molar-refractivity contribution is -0.142. The van der Waals surface area contributed by atoms with Crippen LogP contribution in [0.2, 0.25) is 0 Å². The van der Waals surface area contributed by atoms with Gasteiger partial charge in [0.25, 0.3) is 0 Å². The molecule has 2 saturated heterocycles. The fraction of sp³-hybridized carbons (Fsp3) is 0.652. The number of benzene rings is 1. The van der Waals surface area contributed by atoms with Crippen molar-refractivity contribution in [3.63, 3.8) is 0 Å². The second kappa shape index (κ2) is 7.65. The number of hydrogen-bond acceptors (Lipinski definition) is 2. The minimum atomic E-state index is 0.147. The summed E-state index contributed by atoms with van der Waals surface area (Å²) in [5, 5.41) is 0. The van der Waals surface area contributed by atoms with Crippen LogP contribution in [0.25, 0.3) is 0 Å². The highest BCUT2D eigenvalue weighted by Gasteiger charge is 2.42. The topological polar surface area (TPSA) is 40.6 Å². The van der Waals surface area contributed by atoms with Crippen LogP contribution in [0.1, 0.15) is 56.1 Å². The highest BCUT2D eigenvalue weighted by atomic mass is 16.2. The predicted octanol–water partition coefficient (Wildman–Crippen LogP) is 3.57. The molecule has 0 bridgehead atoms. The first-order valence-corrected chi connectivity index (χ1v) is 10.6. The third kappa shape index (κ3) is 4.20. The number of nitrogens with zero attached hydrogens (tertiary/aromatic N) is 2. The Bertz CT molecular complexity index is 685. The van der Waals surface area contributed by atoms with Gasteiger partial charge in [-0.15, -0.1) is 0 Å². The van der Waals surface area contributed by atoms with E-state index in [0.717, 1.165) is 56.9 Å². The number of carbonyl (C=O) groups is 2. The lowest BCUT2D eigenvalue weighted by Gasteiger charge is -2.47. The average Bonchev–Trinajstić information content (AvgIpc) is 2.62. The molecule has 1 aliphatic carbocycles. The van der Waals surface area contributed by atoms with Gasteiger partial charge >= 0.3 is 0 Å². The van der Waals surface area contributed by atoms with Crippen LogP contribution < -0.4 is 0 Å². The predicted molar refractivity (Wildman–Crippen MR) is 106 cm³/mol. The zero-order valence-electron chi connectivity index (χ0n) is 16.6. The van der Waals surface area contributed by atoms with Gasteiger partial charge in [0.05, 0.1) is 6.42 Å². The van der Waals surface area contributed by atoms with Crippen LogP contribution in [0, 0.1) is 18.3 Å². The van der Waals surface area contributed by atoms with E-state index >= 15 is 0 Å². The van der Waals surface area contributed by atoms with Crippen molar-refractivity contribution >= 4 is 11.8 Å². The Balaban J connectivity index is 1.27. The second-order valence-electron chi connectivity index (χ2n) is 9.11. The van der Waals surface area contributed by atoms with E-state index in [0.29, 0.717) is 18.7 Å². The first-order chi connectivity index (χ1) is 13.0. The highest BCUT2D eigenvalue weighted by molar-refractivity contribution is 5.79. The zero-order chi connectivity index (χ0) is 18.9. The molecule has 2 heterocycles. The van der Waals surface area contributed by atoms with E-state index in [9.17, 15) is 9.59 Å². The molecule has 0 unspecified atom stereocenters. The van der Waals surface area contributed by atoms with E-state index in [1.54, 1.807) is 0 Å². The van der Waals surface area contributed by atoms with Crippen LogP contribution in [-0.2, 0) is 16.0 Å². The van der Waals surface area contributed by atoms with Crippen molar-refractivity contribution in [3.8, 4) is 0 Å². The average molecular weight is 369 g/mol. The molecule has 0 aromatic heterocycles. The van der Waals surface area contributed by atoms with E-state index in [1.807, 2.05) is 4.90 Å². The summed E-state index contributed by atoms with van der Waals surface area (Å²) in [6, 6.07) is 8.23. The van der Waals surface area contributed by atoms with Gasteiger partial charge in [-0.25, -0.2) is 0 Å². The molecule has 1 aromatic rings. The van der Waals surface area contributed by atoms with Gasteiger partial charge in [0, 0.05) is 32.6 Å². The lowest BCUT2D eigenvalue weighted by Crippen LogP contribution is -2.51. The van der Waals surface area contributed by atoms with Crippen LogP contribution in [-0.4, -0.2) is 47.8 Å². The Morgan fingerprint density at radius 1 is 1.07 bits per heavy atom. The first kappa shape index (κ1) is 18.5. The SMILES string of the molecule is Cc1ccc(CC(=O)N2CCC3(CC2)CCN(CC2CCC2)C(=O)C3)cc1. The van der Waals surface area contributed by atoms with E-state index in [-0.39, 0.29) is 11.3 Å². The van der Waals surface area contributed by atoms with Crippen molar-refractivity contribution in [2.75, 3.05) is 26.2 Å². The molecular weight excluding hydrogens is 336 g/mol. The third-order valence-corrected chi connectivity index (χ3v) is 7.15. The summed E-state index contributed by atoms with van der Waals surface area (Å²) >= 11 is 0. The van der Waals surface area contributed by atoms with Crippen LogP contribution >= 0.6 is 0 Å². The molecule has 4 heteroatoms. The minimum absolute atomic E-state index is 0.147. The van der Waals surface area contributed by atoms with Crippen molar-refractivity contribution in [1.82, 2.24) is 9.80 Å². The Kier molecular flexibility index (Phi) is 5.25. The van der Waals surface area contributed by atoms with Crippen LogP contribution in [0.5, 0.6) is 0 Å². The second-order valence-corrected chi connectivity index (χ2v) is 9.11. The normalized spacial score (nSPS) is 22.8. The summed E-state index contributed by atoms with van der Waals surface area (Å²) < 4.78 is 0. The monoisotopic (exact) mass is 368 g/mol. The number of likely N-dealkylation sites (tertiary alicyclic amines) is 2. The van der Waals surface area contributed by atoms with Crippen molar-refractivity contribution in [1.29, 1.82) is 0 Å². The summed E-state index contributed by atoms with van der Waals surface area (Å²) in [5.41, 5.74) is 2.46. The number of amides is 2. The maximum atomic E-state index is 12.7. The molecule has 27 heavy (non-hydrogen) atoms. The summed E-state index contributed by atoms with van der Waals surface area (Å²) in [5.74, 6) is 1.33. The Hall–Kier alpha value is -1.84. The quantitative estimate of drug-likeness (QED) is 0.815. The molecular formula is C23H32N2O2. The molecule has 0 N–H and O–H groups in total. The van der Waals surface area contributed by atoms with Gasteiger partial charge in [-0.05, 0) is 55.9 Å². The molecule has 0 radical (unpaired) electrons. The van der Waals surface area contributed by atoms with Crippen LogP contribution in [0.15, 0.2) is 24.3 Å². The van der Waals surface area contributed by atoms with Crippen molar-refractivity contribution in [2.24, 2.45) is 11.3 Å². The fourth-order valence-corrected chi connectivity index (χ4v) is 4.85. The summed E-state index contributed by atoms with van der Waals surface area (Å²) in [6.07, 6.45) is 8.20. The standard InChI is InChI=1S/C23H32N2O2/c1-18-5-7-19(8-6-18)15-21(26)24-12-9-23(10-13-24)11-14-25(22(27)16-23)17-20-3-2-4-20/h5-8,20H,2-4,9-17H2,1H3. The van der Waals surface area contributed by atoms with E-state index < -0.39 is 0 Å². The Morgan fingerprint density at radius 3 is 2.33 bits per heavy atom. The maximum absolute atomic E-state index is 12.7. The van der Waals surface area contributed by atoms with Gasteiger partial charge in [-0.2, -0.15) is 0 Å². The summed E-state index contributed by atoms with van der Waals surface area (Å²) in [6.45, 7) is 5.58. The first-order valence-electron chi connectivity index (χ1n) is 10.6. The molecule has 1 aromatic carbocycles. The van der Waals surface area contributed by atoms with Crippen LogP contribution in [0.3, 0.4) is 0 Å². The molecule has 3 aliphatic rings. The van der Waals surface area contributed by atoms with Crippen molar-refractivity contribution in [3.05, 3.63) is 35.4 Å². The van der Waals surface area contributed by atoms with Gasteiger partial charge in [-0.1, -0.05) is 36.2 Å². The number of hydrogen-bond donors (Lipinski definition) is 0. The largest absolute Gasteiger partial charge is 0.342 e. The Labute approximate surface area is 162 Å². The van der Waals surface area contributed by atoms with Gasteiger partial charge < -0.3 is 9.80 Å². The number of piperidine rings is 2. The number of rotatable bonds is 4. The number of carbonyl (C=O) groups excluding carboxylic acids is 2. The van der Waals surface area contributed by atoms with E-state index in [4.69, 9.17) is 0 Å². The molecule has 2 amide bonds. The highest BCUT2D eigenvalue weighted by Crippen LogP contribution is 2.42. The third-order valence-electron chi connectivity index (χ3n) is 7.15. The molecule has 146 valence electrons. The molecule has 2 aliphatic heterocycles. The molecule has 0 atom stereocenters. The summed E-state index contributed by atoms with van der Waals surface area (Å²) in [7, 11) is 0. The molecule has 4 rings (SSSR count). The van der Waals surface area contributed by atoms with Crippen LogP contribution in [0.4, 0.5) is 0 Å². The van der Waals surface area contributed by atoms with Crippen molar-refractivity contribution < 1.29 is 9.59 Å². The smallest absolute Gasteiger partial charge is 0.226 e. The minimum Gasteiger partial charge on any atom is -0.342 e. The van der Waals surface area contributed by atoms with E-state index in [1.165, 1.54) is 24.8 Å². The van der Waals surface area contributed by atoms with E-state index in [2.05, 4.69) is 36.1 Å². The van der Waals surface area contributed by atoms with Gasteiger partial charge in [0.2, 0.25) is 11.8 Å². The molecule has 1 saturated carbocycles. The number of aryl methyl sites for hydroxylation is 1. The zero-order valence-corrected chi connectivity index (χ0v) is 16.6. The maximum Gasteiger partial charge on any atom is 0.226 e. The van der Waals surface area contributed by atoms with Gasteiger partial charge in [0.15, 0.2) is 0 Å². The Morgan fingerprint density at radius 2 is 1.74 bits per heavy atom. The lowest BCUT2D eigenvalue weighted by atomic mass is 9.70. The fourth-order valence-electron chi connectivity index (χ4n) is 4.85. The summed E-state index contributed by atoms with van der Waals surface area (Å²) in [4.78, 5) is 29.4. The van der Waals surface area contributed by atoms with Gasteiger partial charge in [0.1, 0.15) is 0 Å².